The zero-order valence-corrected chi connectivity index (χ0v) is 18.5. The lowest BCUT2D eigenvalue weighted by Gasteiger charge is -2.11. The molecule has 2 heterocycles. The van der Waals surface area contributed by atoms with Crippen molar-refractivity contribution in [3.05, 3.63) is 77.6 Å². The molecule has 0 saturated heterocycles. The second-order valence-corrected chi connectivity index (χ2v) is 7.77. The highest BCUT2D eigenvalue weighted by Crippen LogP contribution is 2.26. The molecule has 0 aliphatic heterocycles. The number of aromatic nitrogens is 3. The number of para-hydroxylation sites is 1. The van der Waals surface area contributed by atoms with Crippen molar-refractivity contribution in [3.8, 4) is 17.0 Å². The molecule has 1 N–H and O–H groups in total. The Morgan fingerprint density at radius 3 is 2.59 bits per heavy atom. The average molecular weight is 428 g/mol. The lowest BCUT2D eigenvalue weighted by molar-refractivity contribution is 0.0956. The minimum Gasteiger partial charge on any atom is -0.491 e. The molecule has 0 saturated carbocycles. The number of benzene rings is 2. The molecule has 2 aromatic carbocycles. The standard InChI is InChI=1S/C25H25N5O2/c1-16(2)32-20-11-9-18(10-12-20)24-13-22(21-7-5-6-8-23(21)28-24)25(31)29-26-14-19-15-27-30(4)17(19)3/h5-16H,1-4H3,(H,29,31)/b26-14-. The van der Waals surface area contributed by atoms with Gasteiger partial charge in [0, 0.05) is 29.3 Å². The van der Waals surface area contributed by atoms with E-state index in [1.54, 1.807) is 23.2 Å². The SMILES string of the molecule is Cc1c(/C=N\NC(=O)c2cc(-c3ccc(OC(C)C)cc3)nc3ccccc23)cnn1C. The number of hydrogen-bond acceptors (Lipinski definition) is 5. The Hall–Kier alpha value is -4.00. The van der Waals surface area contributed by atoms with Gasteiger partial charge >= 0.3 is 0 Å². The van der Waals surface area contributed by atoms with Gasteiger partial charge < -0.3 is 4.74 Å². The number of fused-ring (bicyclic) bond motifs is 1. The maximum atomic E-state index is 13.0. The van der Waals surface area contributed by atoms with Crippen molar-refractivity contribution in [2.24, 2.45) is 12.1 Å². The third kappa shape index (κ3) is 4.51. The lowest BCUT2D eigenvalue weighted by Crippen LogP contribution is -2.18. The fourth-order valence-electron chi connectivity index (χ4n) is 3.35. The molecule has 7 nitrogen and oxygen atoms in total. The molecule has 7 heteroatoms. The Labute approximate surface area is 186 Å². The zero-order valence-electron chi connectivity index (χ0n) is 18.5. The van der Waals surface area contributed by atoms with Crippen LogP contribution in [0.1, 0.15) is 35.5 Å². The van der Waals surface area contributed by atoms with E-state index in [-0.39, 0.29) is 12.0 Å². The number of ether oxygens (including phenoxy) is 1. The van der Waals surface area contributed by atoms with Gasteiger partial charge in [0.05, 0.1) is 35.3 Å². The van der Waals surface area contributed by atoms with Gasteiger partial charge in [-0.25, -0.2) is 10.4 Å². The summed E-state index contributed by atoms with van der Waals surface area (Å²) in [5, 5.41) is 9.07. The van der Waals surface area contributed by atoms with Crippen LogP contribution in [0.25, 0.3) is 22.2 Å². The Morgan fingerprint density at radius 1 is 1.16 bits per heavy atom. The van der Waals surface area contributed by atoms with E-state index in [1.807, 2.05) is 76.3 Å². The highest BCUT2D eigenvalue weighted by Gasteiger charge is 2.14. The van der Waals surface area contributed by atoms with Crippen molar-refractivity contribution in [1.29, 1.82) is 0 Å². The normalized spacial score (nSPS) is 11.4. The van der Waals surface area contributed by atoms with Crippen LogP contribution in [0.2, 0.25) is 0 Å². The predicted octanol–water partition coefficient (Wildman–Crippen LogP) is 4.49. The van der Waals surface area contributed by atoms with E-state index in [2.05, 4.69) is 15.6 Å². The summed E-state index contributed by atoms with van der Waals surface area (Å²) in [4.78, 5) is 17.8. The van der Waals surface area contributed by atoms with Gasteiger partial charge in [-0.3, -0.25) is 9.48 Å². The molecule has 0 aliphatic rings. The van der Waals surface area contributed by atoms with Gasteiger partial charge in [0.15, 0.2) is 0 Å². The van der Waals surface area contributed by atoms with Crippen LogP contribution in [-0.4, -0.2) is 33.0 Å². The van der Waals surface area contributed by atoms with Crippen molar-refractivity contribution in [3.63, 3.8) is 0 Å². The Kier molecular flexibility index (Phi) is 5.98. The van der Waals surface area contributed by atoms with Crippen LogP contribution in [0.4, 0.5) is 0 Å². The van der Waals surface area contributed by atoms with E-state index in [1.165, 1.54) is 0 Å². The summed E-state index contributed by atoms with van der Waals surface area (Å²) >= 11 is 0. The number of nitrogens with one attached hydrogen (secondary N) is 1. The van der Waals surface area contributed by atoms with E-state index >= 15 is 0 Å². The third-order valence-electron chi connectivity index (χ3n) is 5.13. The van der Waals surface area contributed by atoms with Gasteiger partial charge in [-0.05, 0) is 57.2 Å². The molecule has 4 aromatic rings. The van der Waals surface area contributed by atoms with Gasteiger partial charge in [-0.2, -0.15) is 10.2 Å². The smallest absolute Gasteiger partial charge is 0.272 e. The number of hydrazone groups is 1. The second-order valence-electron chi connectivity index (χ2n) is 7.77. The monoisotopic (exact) mass is 427 g/mol. The van der Waals surface area contributed by atoms with Gasteiger partial charge in [-0.15, -0.1) is 0 Å². The van der Waals surface area contributed by atoms with Crippen LogP contribution in [0, 0.1) is 6.92 Å². The van der Waals surface area contributed by atoms with Crippen molar-refractivity contribution in [1.82, 2.24) is 20.2 Å². The summed E-state index contributed by atoms with van der Waals surface area (Å²) in [5.41, 5.74) is 7.29. The van der Waals surface area contributed by atoms with Gasteiger partial charge in [0.25, 0.3) is 5.91 Å². The zero-order chi connectivity index (χ0) is 22.7. The quantitative estimate of drug-likeness (QED) is 0.363. The predicted molar refractivity (Wildman–Crippen MR) is 126 cm³/mol. The summed E-state index contributed by atoms with van der Waals surface area (Å²) in [5.74, 6) is 0.491. The van der Waals surface area contributed by atoms with E-state index in [9.17, 15) is 4.79 Å². The van der Waals surface area contributed by atoms with Gasteiger partial charge in [-0.1, -0.05) is 18.2 Å². The van der Waals surface area contributed by atoms with Crippen molar-refractivity contribution < 1.29 is 9.53 Å². The van der Waals surface area contributed by atoms with Crippen molar-refractivity contribution >= 4 is 23.0 Å². The first-order valence-electron chi connectivity index (χ1n) is 10.4. The summed E-state index contributed by atoms with van der Waals surface area (Å²) in [7, 11) is 1.86. The maximum Gasteiger partial charge on any atom is 0.272 e. The van der Waals surface area contributed by atoms with Crippen LogP contribution in [0.3, 0.4) is 0 Å². The van der Waals surface area contributed by atoms with Crippen LogP contribution < -0.4 is 10.2 Å². The largest absolute Gasteiger partial charge is 0.491 e. The second kappa shape index (κ2) is 9.01. The number of amides is 1. The first-order chi connectivity index (χ1) is 15.4. The minimum absolute atomic E-state index is 0.103. The topological polar surface area (TPSA) is 81.4 Å². The molecular weight excluding hydrogens is 402 g/mol. The molecule has 1 amide bonds. The number of carbonyl (C=O) groups excluding carboxylic acids is 1. The lowest BCUT2D eigenvalue weighted by atomic mass is 10.0. The first kappa shape index (κ1) is 21.2. The molecular formula is C25H25N5O2. The van der Waals surface area contributed by atoms with Crippen molar-refractivity contribution in [2.75, 3.05) is 0 Å². The number of rotatable bonds is 6. The Balaban J connectivity index is 1.64. The van der Waals surface area contributed by atoms with E-state index in [0.29, 0.717) is 11.3 Å². The van der Waals surface area contributed by atoms with E-state index in [0.717, 1.165) is 33.5 Å². The summed E-state index contributed by atoms with van der Waals surface area (Å²) < 4.78 is 7.47. The average Bonchev–Trinajstić information content (AvgIpc) is 3.10. The summed E-state index contributed by atoms with van der Waals surface area (Å²) in [6, 6.07) is 17.1. The third-order valence-corrected chi connectivity index (χ3v) is 5.13. The van der Waals surface area contributed by atoms with E-state index < -0.39 is 0 Å². The molecule has 0 atom stereocenters. The highest BCUT2D eigenvalue weighted by atomic mass is 16.5. The van der Waals surface area contributed by atoms with Crippen LogP contribution in [0.15, 0.2) is 65.9 Å². The molecule has 4 rings (SSSR count). The molecule has 0 fully saturated rings. The molecule has 0 bridgehead atoms. The fraction of sp³-hybridized carbons (Fsp3) is 0.200. The molecule has 2 aromatic heterocycles. The number of nitrogens with zero attached hydrogens (tertiary/aromatic N) is 4. The number of aryl methyl sites for hydroxylation is 1. The minimum atomic E-state index is -0.303. The van der Waals surface area contributed by atoms with Gasteiger partial charge in [0.2, 0.25) is 0 Å². The number of hydrogen-bond donors (Lipinski definition) is 1. The molecule has 162 valence electrons. The van der Waals surface area contributed by atoms with Crippen LogP contribution >= 0.6 is 0 Å². The summed E-state index contributed by atoms with van der Waals surface area (Å²) in [6.07, 6.45) is 3.40. The van der Waals surface area contributed by atoms with Crippen LogP contribution in [-0.2, 0) is 7.05 Å². The van der Waals surface area contributed by atoms with Crippen molar-refractivity contribution in [2.45, 2.75) is 26.9 Å². The molecule has 0 spiro atoms. The summed E-state index contributed by atoms with van der Waals surface area (Å²) in [6.45, 7) is 5.92. The Morgan fingerprint density at radius 2 is 1.91 bits per heavy atom. The first-order valence-corrected chi connectivity index (χ1v) is 10.4. The van der Waals surface area contributed by atoms with Gasteiger partial charge in [0.1, 0.15) is 5.75 Å². The number of carbonyl (C=O) groups is 1. The molecule has 0 aliphatic carbocycles. The fourth-order valence-corrected chi connectivity index (χ4v) is 3.35. The number of pyridine rings is 1. The Bertz CT molecular complexity index is 1290. The maximum absolute atomic E-state index is 13.0. The van der Waals surface area contributed by atoms with E-state index in [4.69, 9.17) is 9.72 Å². The van der Waals surface area contributed by atoms with Crippen LogP contribution in [0.5, 0.6) is 5.75 Å². The molecule has 0 radical (unpaired) electrons. The highest BCUT2D eigenvalue weighted by molar-refractivity contribution is 6.07. The molecule has 0 unspecified atom stereocenters. The molecule has 32 heavy (non-hydrogen) atoms.